The van der Waals surface area contributed by atoms with Gasteiger partial charge in [-0.1, -0.05) is 22.9 Å². The van der Waals surface area contributed by atoms with Gasteiger partial charge in [-0.2, -0.15) is 0 Å². The van der Waals surface area contributed by atoms with E-state index in [2.05, 4.69) is 10.3 Å². The zero-order valence-corrected chi connectivity index (χ0v) is 10.6. The Kier molecular flexibility index (Phi) is 3.31. The van der Waals surface area contributed by atoms with E-state index in [0.717, 1.165) is 5.69 Å². The minimum absolute atomic E-state index is 0.0795. The number of carbonyl (C=O) groups is 1. The minimum atomic E-state index is -0.0795. The fraction of sp³-hybridized carbons (Fsp3) is 0.0909. The second-order valence-electron chi connectivity index (χ2n) is 3.42. The molecule has 0 radical (unpaired) electrons. The number of Topliss-reactive ketones (excluding diaryl/α,β-unsaturated/α-hetero) is 1. The fourth-order valence-electron chi connectivity index (χ4n) is 1.29. The van der Waals surface area contributed by atoms with Crippen LogP contribution in [0.2, 0.25) is 5.02 Å². The number of rotatable bonds is 3. The number of hydrogen-bond donors (Lipinski definition) is 2. The SMILES string of the molecule is CC(=O)c1sc(Nc2ccc(Cl)cc2)nc1N. The van der Waals surface area contributed by atoms with Gasteiger partial charge < -0.3 is 11.1 Å². The summed E-state index contributed by atoms with van der Waals surface area (Å²) in [6.07, 6.45) is 0. The summed E-state index contributed by atoms with van der Waals surface area (Å²) in [5.41, 5.74) is 6.48. The standard InChI is InChI=1S/C11H10ClN3OS/c1-6(16)9-10(13)15-11(17-9)14-8-4-2-7(12)3-5-8/h2-5H,13H2,1H3,(H,14,15). The van der Waals surface area contributed by atoms with Crippen LogP contribution in [0, 0.1) is 0 Å². The number of anilines is 3. The third kappa shape index (κ3) is 2.75. The van der Waals surface area contributed by atoms with Crippen molar-refractivity contribution in [3.05, 3.63) is 34.2 Å². The van der Waals surface area contributed by atoms with Gasteiger partial charge in [0.25, 0.3) is 0 Å². The van der Waals surface area contributed by atoms with Gasteiger partial charge in [-0.05, 0) is 24.3 Å². The van der Waals surface area contributed by atoms with E-state index in [4.69, 9.17) is 17.3 Å². The number of carbonyl (C=O) groups excluding carboxylic acids is 1. The molecule has 0 amide bonds. The zero-order chi connectivity index (χ0) is 12.4. The Morgan fingerprint density at radius 2 is 2.06 bits per heavy atom. The first-order chi connectivity index (χ1) is 8.06. The maximum Gasteiger partial charge on any atom is 0.189 e. The largest absolute Gasteiger partial charge is 0.382 e. The van der Waals surface area contributed by atoms with Gasteiger partial charge in [0.05, 0.1) is 0 Å². The van der Waals surface area contributed by atoms with E-state index in [9.17, 15) is 4.79 Å². The van der Waals surface area contributed by atoms with Gasteiger partial charge in [-0.15, -0.1) is 0 Å². The Labute approximate surface area is 107 Å². The fourth-order valence-corrected chi connectivity index (χ4v) is 2.22. The van der Waals surface area contributed by atoms with Crippen molar-refractivity contribution in [1.29, 1.82) is 0 Å². The molecule has 2 aromatic rings. The first-order valence-electron chi connectivity index (χ1n) is 4.86. The minimum Gasteiger partial charge on any atom is -0.382 e. The molecule has 2 rings (SSSR count). The smallest absolute Gasteiger partial charge is 0.189 e. The Morgan fingerprint density at radius 1 is 1.41 bits per heavy atom. The first-order valence-corrected chi connectivity index (χ1v) is 6.05. The Hall–Kier alpha value is -1.59. The Morgan fingerprint density at radius 3 is 2.59 bits per heavy atom. The van der Waals surface area contributed by atoms with E-state index in [0.29, 0.717) is 15.0 Å². The van der Waals surface area contributed by atoms with E-state index in [1.807, 2.05) is 12.1 Å². The molecule has 88 valence electrons. The molecule has 0 fully saturated rings. The lowest BCUT2D eigenvalue weighted by Gasteiger charge is -2.01. The van der Waals surface area contributed by atoms with Gasteiger partial charge in [-0.3, -0.25) is 4.79 Å². The van der Waals surface area contributed by atoms with Crippen molar-refractivity contribution in [2.75, 3.05) is 11.1 Å². The summed E-state index contributed by atoms with van der Waals surface area (Å²) < 4.78 is 0. The molecule has 17 heavy (non-hydrogen) atoms. The normalized spacial score (nSPS) is 10.2. The highest BCUT2D eigenvalue weighted by Gasteiger charge is 2.12. The molecular formula is C11H10ClN3OS. The van der Waals surface area contributed by atoms with Crippen LogP contribution in [0.25, 0.3) is 0 Å². The molecule has 0 saturated heterocycles. The van der Waals surface area contributed by atoms with Crippen LogP contribution in [0.3, 0.4) is 0 Å². The van der Waals surface area contributed by atoms with Crippen LogP contribution in [-0.2, 0) is 0 Å². The van der Waals surface area contributed by atoms with Crippen molar-refractivity contribution in [2.24, 2.45) is 0 Å². The van der Waals surface area contributed by atoms with Crippen molar-refractivity contribution >= 4 is 45.4 Å². The van der Waals surface area contributed by atoms with Gasteiger partial charge in [0, 0.05) is 17.6 Å². The highest BCUT2D eigenvalue weighted by atomic mass is 35.5. The average Bonchev–Trinajstić information content (AvgIpc) is 2.63. The lowest BCUT2D eigenvalue weighted by Crippen LogP contribution is -1.95. The zero-order valence-electron chi connectivity index (χ0n) is 9.03. The van der Waals surface area contributed by atoms with E-state index >= 15 is 0 Å². The maximum atomic E-state index is 11.2. The molecule has 4 nitrogen and oxygen atoms in total. The molecule has 0 saturated carbocycles. The van der Waals surface area contributed by atoms with Gasteiger partial charge in [0.1, 0.15) is 10.7 Å². The number of nitrogen functional groups attached to an aromatic ring is 1. The highest BCUT2D eigenvalue weighted by molar-refractivity contribution is 7.18. The molecule has 0 unspecified atom stereocenters. The van der Waals surface area contributed by atoms with Gasteiger partial charge >= 0.3 is 0 Å². The summed E-state index contributed by atoms with van der Waals surface area (Å²) in [5.74, 6) is 0.183. The van der Waals surface area contributed by atoms with Gasteiger partial charge in [0.2, 0.25) is 0 Å². The summed E-state index contributed by atoms with van der Waals surface area (Å²) in [6.45, 7) is 1.47. The number of nitrogens with zero attached hydrogens (tertiary/aromatic N) is 1. The summed E-state index contributed by atoms with van der Waals surface area (Å²) in [7, 11) is 0. The van der Waals surface area contributed by atoms with E-state index in [-0.39, 0.29) is 11.6 Å². The first kappa shape index (κ1) is 11.9. The van der Waals surface area contributed by atoms with Gasteiger partial charge in [0.15, 0.2) is 10.9 Å². The maximum absolute atomic E-state index is 11.2. The topological polar surface area (TPSA) is 68.0 Å². The summed E-state index contributed by atoms with van der Waals surface area (Å²) >= 11 is 7.02. The van der Waals surface area contributed by atoms with E-state index < -0.39 is 0 Å². The molecule has 1 aromatic heterocycles. The molecule has 1 aromatic carbocycles. The number of thiazole rings is 1. The van der Waals surface area contributed by atoms with Crippen molar-refractivity contribution in [2.45, 2.75) is 6.92 Å². The molecule has 0 bridgehead atoms. The predicted octanol–water partition coefficient (Wildman–Crippen LogP) is 3.32. The van der Waals surface area contributed by atoms with Crippen molar-refractivity contribution in [3.8, 4) is 0 Å². The average molecular weight is 268 g/mol. The van der Waals surface area contributed by atoms with Crippen LogP contribution in [0.4, 0.5) is 16.6 Å². The third-order valence-electron chi connectivity index (χ3n) is 2.07. The number of halogens is 1. The number of aromatic nitrogens is 1. The Balaban J connectivity index is 2.22. The number of hydrogen-bond acceptors (Lipinski definition) is 5. The van der Waals surface area contributed by atoms with Crippen LogP contribution < -0.4 is 11.1 Å². The molecule has 0 aliphatic rings. The van der Waals surface area contributed by atoms with Crippen molar-refractivity contribution in [3.63, 3.8) is 0 Å². The van der Waals surface area contributed by atoms with Crippen LogP contribution >= 0.6 is 22.9 Å². The molecule has 0 aliphatic heterocycles. The third-order valence-corrected chi connectivity index (χ3v) is 3.41. The van der Waals surface area contributed by atoms with Crippen LogP contribution in [0.15, 0.2) is 24.3 Å². The highest BCUT2D eigenvalue weighted by Crippen LogP contribution is 2.28. The summed E-state index contributed by atoms with van der Waals surface area (Å²) in [6, 6.07) is 7.19. The molecule has 6 heteroatoms. The molecular weight excluding hydrogens is 258 g/mol. The van der Waals surface area contributed by atoms with Crippen LogP contribution in [0.5, 0.6) is 0 Å². The lowest BCUT2D eigenvalue weighted by molar-refractivity contribution is 0.102. The second kappa shape index (κ2) is 4.73. The summed E-state index contributed by atoms with van der Waals surface area (Å²) in [4.78, 5) is 15.8. The van der Waals surface area contributed by atoms with Crippen molar-refractivity contribution < 1.29 is 4.79 Å². The molecule has 0 spiro atoms. The number of nitrogens with two attached hydrogens (primary N) is 1. The quantitative estimate of drug-likeness (QED) is 0.837. The summed E-state index contributed by atoms with van der Waals surface area (Å²) in [5, 5.41) is 4.32. The Bertz CT molecular complexity index is 550. The predicted molar refractivity (Wildman–Crippen MR) is 71.3 cm³/mol. The van der Waals surface area contributed by atoms with E-state index in [1.165, 1.54) is 18.3 Å². The van der Waals surface area contributed by atoms with Gasteiger partial charge in [-0.25, -0.2) is 4.98 Å². The van der Waals surface area contributed by atoms with Crippen molar-refractivity contribution in [1.82, 2.24) is 4.98 Å². The number of benzene rings is 1. The number of nitrogens with one attached hydrogen (secondary N) is 1. The lowest BCUT2D eigenvalue weighted by atomic mass is 10.3. The second-order valence-corrected chi connectivity index (χ2v) is 4.86. The van der Waals surface area contributed by atoms with Crippen LogP contribution in [0.1, 0.15) is 16.6 Å². The van der Waals surface area contributed by atoms with Crippen LogP contribution in [-0.4, -0.2) is 10.8 Å². The molecule has 1 heterocycles. The monoisotopic (exact) mass is 267 g/mol. The van der Waals surface area contributed by atoms with E-state index in [1.54, 1.807) is 12.1 Å². The molecule has 0 atom stereocenters. The molecule has 3 N–H and O–H groups in total. The number of ketones is 1. The molecule has 0 aliphatic carbocycles.